The molecule has 0 aliphatic rings. The molecule has 1 unspecified atom stereocenters. The van der Waals surface area contributed by atoms with Crippen LogP contribution < -0.4 is 10.9 Å². The van der Waals surface area contributed by atoms with E-state index >= 15 is 0 Å². The van der Waals surface area contributed by atoms with E-state index < -0.39 is 0 Å². The lowest BCUT2D eigenvalue weighted by molar-refractivity contribution is 0.0936. The Morgan fingerprint density at radius 2 is 1.93 bits per heavy atom. The lowest BCUT2D eigenvalue weighted by Crippen LogP contribution is -2.35. The Bertz CT molecular complexity index is 1300. The van der Waals surface area contributed by atoms with Gasteiger partial charge in [0, 0.05) is 24.0 Å². The molecule has 8 nitrogen and oxygen atoms in total. The number of nitrogens with zero attached hydrogens (tertiary/aromatic N) is 4. The van der Waals surface area contributed by atoms with Crippen molar-refractivity contribution in [1.29, 1.82) is 0 Å². The fourth-order valence-electron chi connectivity index (χ4n) is 3.35. The van der Waals surface area contributed by atoms with E-state index in [0.29, 0.717) is 23.4 Å². The number of nitrogens with one attached hydrogen (secondary N) is 2. The standard InChI is InChI=1S/C22H24N6O2/c1-13-5-6-17(9-14(13)2)20-24-22(30)19-10-18(12-28(19)26-20)21(29)23-16(4)11-27-8-7-15(3)25-27/h5-10,12,16H,11H2,1-4H3,(H,23,29)(H,24,26,30). The number of hydrogen-bond donors (Lipinski definition) is 2. The molecule has 1 amide bonds. The molecule has 4 aromatic rings. The maximum Gasteiger partial charge on any atom is 0.275 e. The van der Waals surface area contributed by atoms with Gasteiger partial charge in [0.05, 0.1) is 17.8 Å². The van der Waals surface area contributed by atoms with Crippen LogP contribution in [0.3, 0.4) is 0 Å². The topological polar surface area (TPSA) is 97.1 Å². The fourth-order valence-corrected chi connectivity index (χ4v) is 3.35. The van der Waals surface area contributed by atoms with Gasteiger partial charge < -0.3 is 10.3 Å². The number of aromatic amines is 1. The van der Waals surface area contributed by atoms with Gasteiger partial charge in [-0.15, -0.1) is 5.10 Å². The fraction of sp³-hybridized carbons (Fsp3) is 0.273. The highest BCUT2D eigenvalue weighted by Gasteiger charge is 2.15. The number of carbonyl (C=O) groups is 1. The van der Waals surface area contributed by atoms with E-state index in [1.54, 1.807) is 16.9 Å². The van der Waals surface area contributed by atoms with Crippen LogP contribution in [0.2, 0.25) is 0 Å². The van der Waals surface area contributed by atoms with Crippen molar-refractivity contribution in [2.24, 2.45) is 0 Å². The number of hydrogen-bond acceptors (Lipinski definition) is 4. The van der Waals surface area contributed by atoms with Gasteiger partial charge in [-0.05, 0) is 57.0 Å². The third-order valence-corrected chi connectivity index (χ3v) is 5.13. The molecule has 0 saturated heterocycles. The molecule has 1 aromatic carbocycles. The maximum atomic E-state index is 12.7. The Hall–Kier alpha value is -3.68. The minimum absolute atomic E-state index is 0.128. The molecule has 2 N–H and O–H groups in total. The molecule has 3 heterocycles. The lowest BCUT2D eigenvalue weighted by Gasteiger charge is -2.13. The number of H-pyrrole nitrogens is 1. The van der Waals surface area contributed by atoms with Crippen molar-refractivity contribution in [2.75, 3.05) is 0 Å². The first-order valence-corrected chi connectivity index (χ1v) is 9.81. The van der Waals surface area contributed by atoms with Crippen LogP contribution >= 0.6 is 0 Å². The molecule has 4 rings (SSSR count). The minimum atomic E-state index is -0.294. The van der Waals surface area contributed by atoms with E-state index in [1.165, 1.54) is 10.1 Å². The summed E-state index contributed by atoms with van der Waals surface area (Å²) in [5, 5.41) is 11.8. The first kappa shape index (κ1) is 19.6. The highest BCUT2D eigenvalue weighted by molar-refractivity contribution is 5.95. The van der Waals surface area contributed by atoms with Crippen LogP contribution in [0.25, 0.3) is 16.9 Å². The highest BCUT2D eigenvalue weighted by atomic mass is 16.2. The Balaban J connectivity index is 1.58. The molecule has 0 radical (unpaired) electrons. The van der Waals surface area contributed by atoms with Gasteiger partial charge in [-0.1, -0.05) is 12.1 Å². The van der Waals surface area contributed by atoms with Gasteiger partial charge >= 0.3 is 0 Å². The summed E-state index contributed by atoms with van der Waals surface area (Å²) < 4.78 is 3.25. The molecule has 0 spiro atoms. The second-order valence-electron chi connectivity index (χ2n) is 7.71. The van der Waals surface area contributed by atoms with E-state index in [0.717, 1.165) is 16.8 Å². The van der Waals surface area contributed by atoms with Crippen LogP contribution in [0.5, 0.6) is 0 Å². The van der Waals surface area contributed by atoms with E-state index in [1.807, 2.05) is 58.2 Å². The number of carbonyl (C=O) groups excluding carboxylic acids is 1. The first-order valence-electron chi connectivity index (χ1n) is 9.81. The Morgan fingerprint density at radius 3 is 2.63 bits per heavy atom. The smallest absolute Gasteiger partial charge is 0.275 e. The van der Waals surface area contributed by atoms with Crippen molar-refractivity contribution >= 4 is 11.4 Å². The Morgan fingerprint density at radius 1 is 1.13 bits per heavy atom. The molecule has 0 aliphatic heterocycles. The molecule has 3 aromatic heterocycles. The average Bonchev–Trinajstić information content (AvgIpc) is 3.30. The number of rotatable bonds is 5. The van der Waals surface area contributed by atoms with Gasteiger partial charge in [0.25, 0.3) is 11.5 Å². The third kappa shape index (κ3) is 3.89. The summed E-state index contributed by atoms with van der Waals surface area (Å²) in [7, 11) is 0. The Labute approximate surface area is 173 Å². The SMILES string of the molecule is Cc1ccn(CC(C)NC(=O)c2cc3c(=O)[nH]c(-c4ccc(C)c(C)c4)nn3c2)n1. The van der Waals surface area contributed by atoms with E-state index in [4.69, 9.17) is 0 Å². The molecule has 8 heteroatoms. The summed E-state index contributed by atoms with van der Waals surface area (Å²) in [6.45, 7) is 8.43. The highest BCUT2D eigenvalue weighted by Crippen LogP contribution is 2.18. The summed E-state index contributed by atoms with van der Waals surface area (Å²) in [5.74, 6) is 0.199. The van der Waals surface area contributed by atoms with Crippen molar-refractivity contribution < 1.29 is 4.79 Å². The number of aryl methyl sites for hydroxylation is 3. The summed E-state index contributed by atoms with van der Waals surface area (Å²) in [6, 6.07) is 9.23. The van der Waals surface area contributed by atoms with Gasteiger partial charge in [0.2, 0.25) is 0 Å². The number of aromatic nitrogens is 5. The maximum absolute atomic E-state index is 12.7. The zero-order chi connectivity index (χ0) is 21.4. The summed E-state index contributed by atoms with van der Waals surface area (Å²) in [6.07, 6.45) is 3.46. The summed E-state index contributed by atoms with van der Waals surface area (Å²) in [4.78, 5) is 28.1. The minimum Gasteiger partial charge on any atom is -0.348 e. The van der Waals surface area contributed by atoms with E-state index in [2.05, 4.69) is 20.5 Å². The quantitative estimate of drug-likeness (QED) is 0.534. The first-order chi connectivity index (χ1) is 14.3. The molecule has 30 heavy (non-hydrogen) atoms. The van der Waals surface area contributed by atoms with E-state index in [-0.39, 0.29) is 17.5 Å². The lowest BCUT2D eigenvalue weighted by atomic mass is 10.1. The van der Waals surface area contributed by atoms with Crippen LogP contribution in [0.1, 0.15) is 34.1 Å². The molecule has 154 valence electrons. The van der Waals surface area contributed by atoms with E-state index in [9.17, 15) is 9.59 Å². The zero-order valence-electron chi connectivity index (χ0n) is 17.4. The van der Waals surface area contributed by atoms with Crippen molar-refractivity contribution in [3.63, 3.8) is 0 Å². The van der Waals surface area contributed by atoms with Crippen LogP contribution in [0, 0.1) is 20.8 Å². The van der Waals surface area contributed by atoms with Crippen LogP contribution in [0.15, 0.2) is 47.5 Å². The number of amides is 1. The second kappa shape index (κ2) is 7.62. The molecule has 0 fully saturated rings. The molecular formula is C22H24N6O2. The van der Waals surface area contributed by atoms with Crippen molar-refractivity contribution in [1.82, 2.24) is 29.7 Å². The average molecular weight is 404 g/mol. The van der Waals surface area contributed by atoms with Crippen molar-refractivity contribution in [2.45, 2.75) is 40.3 Å². The predicted molar refractivity (Wildman–Crippen MR) is 115 cm³/mol. The molecular weight excluding hydrogens is 380 g/mol. The van der Waals surface area contributed by atoms with Crippen LogP contribution in [-0.4, -0.2) is 36.3 Å². The molecule has 0 bridgehead atoms. The second-order valence-corrected chi connectivity index (χ2v) is 7.71. The van der Waals surface area contributed by atoms with Gasteiger partial charge in [0.1, 0.15) is 5.52 Å². The molecule has 0 saturated carbocycles. The van der Waals surface area contributed by atoms with Gasteiger partial charge in [-0.25, -0.2) is 4.52 Å². The van der Waals surface area contributed by atoms with Gasteiger partial charge in [-0.2, -0.15) is 5.10 Å². The van der Waals surface area contributed by atoms with Gasteiger partial charge in [0.15, 0.2) is 5.82 Å². The van der Waals surface area contributed by atoms with Gasteiger partial charge in [-0.3, -0.25) is 14.3 Å². The van der Waals surface area contributed by atoms with Crippen LogP contribution in [0.4, 0.5) is 0 Å². The van der Waals surface area contributed by atoms with Crippen molar-refractivity contribution in [3.05, 3.63) is 75.5 Å². The molecule has 0 aliphatic carbocycles. The number of fused-ring (bicyclic) bond motifs is 1. The molecule has 1 atom stereocenters. The number of benzene rings is 1. The monoisotopic (exact) mass is 404 g/mol. The Kier molecular flexibility index (Phi) is 4.99. The van der Waals surface area contributed by atoms with Crippen LogP contribution in [-0.2, 0) is 6.54 Å². The van der Waals surface area contributed by atoms with Crippen molar-refractivity contribution in [3.8, 4) is 11.4 Å². The summed E-state index contributed by atoms with van der Waals surface area (Å²) >= 11 is 0. The predicted octanol–water partition coefficient (Wildman–Crippen LogP) is 2.63. The zero-order valence-corrected chi connectivity index (χ0v) is 17.4. The normalized spacial score (nSPS) is 12.3. The largest absolute Gasteiger partial charge is 0.348 e. The third-order valence-electron chi connectivity index (χ3n) is 5.13. The summed E-state index contributed by atoms with van der Waals surface area (Å²) in [5.41, 5.74) is 4.44.